The third-order valence-corrected chi connectivity index (χ3v) is 6.78. The summed E-state index contributed by atoms with van der Waals surface area (Å²) in [6.07, 6.45) is 9.60. The van der Waals surface area contributed by atoms with Crippen molar-refractivity contribution in [1.82, 2.24) is 9.62 Å². The molecule has 1 aromatic rings. The number of hydrogen-bond donors (Lipinski definition) is 1. The summed E-state index contributed by atoms with van der Waals surface area (Å²) in [6.45, 7) is 4.90. The number of amides is 1. The average Bonchev–Trinajstić information content (AvgIpc) is 2.67. The molecule has 0 unspecified atom stereocenters. The number of carbonyl (C=O) groups excluding carboxylic acids is 1. The molecule has 0 aromatic heterocycles. The molecule has 0 saturated carbocycles. The molecule has 1 fully saturated rings. The van der Waals surface area contributed by atoms with Gasteiger partial charge in [0.2, 0.25) is 10.0 Å². The molecular formula is C19H26N2O3S. The van der Waals surface area contributed by atoms with Crippen LogP contribution in [0, 0.1) is 12.3 Å². The Labute approximate surface area is 150 Å². The maximum absolute atomic E-state index is 12.8. The molecule has 1 aliphatic rings. The third-order valence-electron chi connectivity index (χ3n) is 4.89. The molecule has 1 N–H and O–H groups in total. The fourth-order valence-electron chi connectivity index (χ4n) is 3.01. The van der Waals surface area contributed by atoms with Crippen LogP contribution in [0.5, 0.6) is 0 Å². The highest BCUT2D eigenvalue weighted by Gasteiger charge is 2.28. The van der Waals surface area contributed by atoms with Gasteiger partial charge in [-0.25, -0.2) is 8.42 Å². The first-order valence-corrected chi connectivity index (χ1v) is 10.2. The molecular weight excluding hydrogens is 336 g/mol. The molecule has 0 atom stereocenters. The van der Waals surface area contributed by atoms with E-state index in [4.69, 9.17) is 6.42 Å². The Morgan fingerprint density at radius 1 is 1.24 bits per heavy atom. The van der Waals surface area contributed by atoms with E-state index in [0.29, 0.717) is 31.5 Å². The van der Waals surface area contributed by atoms with E-state index in [1.54, 1.807) is 12.1 Å². The van der Waals surface area contributed by atoms with Crippen molar-refractivity contribution in [3.63, 3.8) is 0 Å². The van der Waals surface area contributed by atoms with Crippen LogP contribution in [0.25, 0.3) is 0 Å². The van der Waals surface area contributed by atoms with Crippen LogP contribution in [0.1, 0.15) is 56.3 Å². The minimum atomic E-state index is -3.57. The summed E-state index contributed by atoms with van der Waals surface area (Å²) in [4.78, 5) is 12.7. The van der Waals surface area contributed by atoms with Crippen molar-refractivity contribution in [3.05, 3.63) is 29.8 Å². The van der Waals surface area contributed by atoms with Crippen LogP contribution in [0.3, 0.4) is 0 Å². The van der Waals surface area contributed by atoms with Gasteiger partial charge >= 0.3 is 0 Å². The molecule has 136 valence electrons. The van der Waals surface area contributed by atoms with E-state index in [-0.39, 0.29) is 10.8 Å². The van der Waals surface area contributed by atoms with E-state index >= 15 is 0 Å². The van der Waals surface area contributed by atoms with E-state index in [9.17, 15) is 13.2 Å². The Hall–Kier alpha value is -1.84. The van der Waals surface area contributed by atoms with Crippen molar-refractivity contribution in [2.24, 2.45) is 0 Å². The summed E-state index contributed by atoms with van der Waals surface area (Å²) in [5.41, 5.74) is -0.404. The number of nitrogens with one attached hydrogen (secondary N) is 1. The Morgan fingerprint density at radius 2 is 1.88 bits per heavy atom. The minimum absolute atomic E-state index is 0.154. The van der Waals surface area contributed by atoms with E-state index in [1.807, 2.05) is 13.8 Å². The van der Waals surface area contributed by atoms with Crippen molar-refractivity contribution in [2.75, 3.05) is 13.1 Å². The van der Waals surface area contributed by atoms with E-state index in [1.165, 1.54) is 16.4 Å². The zero-order chi connectivity index (χ0) is 18.5. The van der Waals surface area contributed by atoms with Gasteiger partial charge in [-0.05, 0) is 43.9 Å². The predicted molar refractivity (Wildman–Crippen MR) is 98.7 cm³/mol. The van der Waals surface area contributed by atoms with Crippen molar-refractivity contribution < 1.29 is 13.2 Å². The lowest BCUT2D eigenvalue weighted by Crippen LogP contribution is -2.46. The number of nitrogens with zero attached hydrogens (tertiary/aromatic N) is 1. The fourth-order valence-corrected chi connectivity index (χ4v) is 4.57. The van der Waals surface area contributed by atoms with Gasteiger partial charge in [0, 0.05) is 18.7 Å². The van der Waals surface area contributed by atoms with Gasteiger partial charge in [0.15, 0.2) is 0 Å². The second kappa shape index (κ2) is 8.03. The number of sulfonamides is 1. The first-order valence-electron chi connectivity index (χ1n) is 8.79. The predicted octanol–water partition coefficient (Wildman–Crippen LogP) is 2.78. The maximum Gasteiger partial charge on any atom is 0.252 e. The third kappa shape index (κ3) is 4.23. The number of benzene rings is 1. The molecule has 1 heterocycles. The first kappa shape index (κ1) is 19.5. The molecule has 0 radical (unpaired) electrons. The van der Waals surface area contributed by atoms with Crippen LogP contribution in [0.15, 0.2) is 29.2 Å². The summed E-state index contributed by atoms with van der Waals surface area (Å²) in [7, 11) is -3.57. The number of piperidine rings is 1. The SMILES string of the molecule is C#CC(CC)(CC)NC(=O)c1cccc(S(=O)(=O)N2CCCCC2)c1. The highest BCUT2D eigenvalue weighted by molar-refractivity contribution is 7.89. The van der Waals surface area contributed by atoms with E-state index in [2.05, 4.69) is 11.2 Å². The zero-order valence-corrected chi connectivity index (χ0v) is 15.7. The molecule has 2 rings (SSSR count). The van der Waals surface area contributed by atoms with Crippen LogP contribution in [0.4, 0.5) is 0 Å². The second-order valence-corrected chi connectivity index (χ2v) is 8.32. The van der Waals surface area contributed by atoms with Crippen LogP contribution < -0.4 is 5.32 Å². The molecule has 0 spiro atoms. The molecule has 6 heteroatoms. The van der Waals surface area contributed by atoms with Gasteiger partial charge in [0.1, 0.15) is 5.54 Å². The standard InChI is InChI=1S/C19H26N2O3S/c1-4-19(5-2,6-3)20-18(22)16-11-10-12-17(15-16)25(23,24)21-13-8-7-9-14-21/h1,10-12,15H,5-9,13-14H2,2-3H3,(H,20,22). The largest absolute Gasteiger partial charge is 0.336 e. The Kier molecular flexibility index (Phi) is 6.26. The van der Waals surface area contributed by atoms with Gasteiger partial charge in [-0.2, -0.15) is 4.31 Å². The molecule has 5 nitrogen and oxygen atoms in total. The number of hydrogen-bond acceptors (Lipinski definition) is 3. The van der Waals surface area contributed by atoms with Gasteiger partial charge in [-0.3, -0.25) is 4.79 Å². The summed E-state index contributed by atoms with van der Waals surface area (Å²) in [5, 5.41) is 2.87. The lowest BCUT2D eigenvalue weighted by atomic mass is 9.93. The topological polar surface area (TPSA) is 66.5 Å². The van der Waals surface area contributed by atoms with Gasteiger partial charge in [0.25, 0.3) is 5.91 Å². The van der Waals surface area contributed by atoms with Crippen molar-refractivity contribution in [2.45, 2.75) is 56.4 Å². The molecule has 1 saturated heterocycles. The lowest BCUT2D eigenvalue weighted by Gasteiger charge is -2.27. The molecule has 1 amide bonds. The normalized spacial score (nSPS) is 16.2. The van der Waals surface area contributed by atoms with E-state index in [0.717, 1.165) is 19.3 Å². The van der Waals surface area contributed by atoms with Crippen LogP contribution >= 0.6 is 0 Å². The molecule has 0 aliphatic carbocycles. The molecule has 25 heavy (non-hydrogen) atoms. The van der Waals surface area contributed by atoms with Crippen LogP contribution in [-0.4, -0.2) is 37.3 Å². The van der Waals surface area contributed by atoms with Crippen LogP contribution in [0.2, 0.25) is 0 Å². The van der Waals surface area contributed by atoms with Gasteiger partial charge in [-0.15, -0.1) is 6.42 Å². The summed E-state index contributed by atoms with van der Waals surface area (Å²) in [6, 6.07) is 6.18. The highest BCUT2D eigenvalue weighted by Crippen LogP contribution is 2.22. The average molecular weight is 362 g/mol. The number of carbonyl (C=O) groups is 1. The number of rotatable bonds is 6. The summed E-state index contributed by atoms with van der Waals surface area (Å²) in [5.74, 6) is 2.30. The molecule has 1 aromatic carbocycles. The Balaban J connectivity index is 2.26. The molecule has 0 bridgehead atoms. The Bertz CT molecular complexity index is 755. The van der Waals surface area contributed by atoms with Crippen molar-refractivity contribution >= 4 is 15.9 Å². The van der Waals surface area contributed by atoms with Crippen molar-refractivity contribution in [1.29, 1.82) is 0 Å². The highest BCUT2D eigenvalue weighted by atomic mass is 32.2. The molecule has 1 aliphatic heterocycles. The second-order valence-electron chi connectivity index (χ2n) is 6.38. The monoisotopic (exact) mass is 362 g/mol. The van der Waals surface area contributed by atoms with Crippen molar-refractivity contribution in [3.8, 4) is 12.3 Å². The zero-order valence-electron chi connectivity index (χ0n) is 14.9. The Morgan fingerprint density at radius 3 is 2.44 bits per heavy atom. The van der Waals surface area contributed by atoms with Crippen LogP contribution in [-0.2, 0) is 10.0 Å². The van der Waals surface area contributed by atoms with Gasteiger partial charge in [0.05, 0.1) is 4.90 Å². The fraction of sp³-hybridized carbons (Fsp3) is 0.526. The van der Waals surface area contributed by atoms with E-state index < -0.39 is 15.6 Å². The van der Waals surface area contributed by atoms with Gasteiger partial charge < -0.3 is 5.32 Å². The van der Waals surface area contributed by atoms with Gasteiger partial charge in [-0.1, -0.05) is 32.3 Å². The first-order chi connectivity index (χ1) is 11.9. The quantitative estimate of drug-likeness (QED) is 0.792. The lowest BCUT2D eigenvalue weighted by molar-refractivity contribution is 0.0916. The maximum atomic E-state index is 12.8. The summed E-state index contributed by atoms with van der Waals surface area (Å²) < 4.78 is 27.1. The number of terminal acetylenes is 1. The smallest absolute Gasteiger partial charge is 0.252 e. The summed E-state index contributed by atoms with van der Waals surface area (Å²) >= 11 is 0. The minimum Gasteiger partial charge on any atom is -0.336 e.